The molecule has 146 valence electrons. The van der Waals surface area contributed by atoms with Crippen molar-refractivity contribution in [2.45, 2.75) is 38.1 Å². The van der Waals surface area contributed by atoms with Gasteiger partial charge in [0.2, 0.25) is 5.91 Å². The summed E-state index contributed by atoms with van der Waals surface area (Å²) in [5.41, 5.74) is 0.536. The standard InChI is InChI=1S/C19H22N6O2S/c1-13(25-12-20-11-21-25)8-18(27)24-6-2-4-14(10-24)19-22-15(9-17(26)23-19)16-5-3-7-28-16/h3,5,7,9,11-14H,2,4,6,8,10H2,1H3,(H,22,23,26). The number of aromatic nitrogens is 5. The minimum absolute atomic E-state index is 0.0342. The second-order valence-electron chi connectivity index (χ2n) is 7.10. The summed E-state index contributed by atoms with van der Waals surface area (Å²) in [5, 5.41) is 6.07. The molecule has 0 bridgehead atoms. The Kier molecular flexibility index (Phi) is 5.34. The third-order valence-corrected chi connectivity index (χ3v) is 5.95. The number of carbonyl (C=O) groups excluding carboxylic acids is 1. The van der Waals surface area contributed by atoms with Crippen molar-refractivity contribution in [1.29, 1.82) is 0 Å². The Morgan fingerprint density at radius 3 is 3.11 bits per heavy atom. The summed E-state index contributed by atoms with van der Waals surface area (Å²) in [4.78, 5) is 39.3. The molecule has 1 aliphatic heterocycles. The molecular weight excluding hydrogens is 376 g/mol. The summed E-state index contributed by atoms with van der Waals surface area (Å²) in [7, 11) is 0. The number of hydrogen-bond donors (Lipinski definition) is 1. The molecule has 3 aromatic rings. The van der Waals surface area contributed by atoms with Crippen molar-refractivity contribution in [2.24, 2.45) is 0 Å². The Bertz CT molecular complexity index is 982. The Hall–Kier alpha value is -2.81. The van der Waals surface area contributed by atoms with E-state index in [-0.39, 0.29) is 23.4 Å². The van der Waals surface area contributed by atoms with Gasteiger partial charge >= 0.3 is 0 Å². The Morgan fingerprint density at radius 1 is 1.46 bits per heavy atom. The highest BCUT2D eigenvalue weighted by Gasteiger charge is 2.27. The van der Waals surface area contributed by atoms with Crippen LogP contribution in [0, 0.1) is 0 Å². The van der Waals surface area contributed by atoms with Crippen LogP contribution in [0.15, 0.2) is 41.0 Å². The maximum atomic E-state index is 12.8. The van der Waals surface area contributed by atoms with Crippen molar-refractivity contribution in [3.8, 4) is 10.6 Å². The average molecular weight is 398 g/mol. The molecule has 0 aliphatic carbocycles. The number of carbonyl (C=O) groups is 1. The van der Waals surface area contributed by atoms with Crippen LogP contribution in [-0.4, -0.2) is 48.6 Å². The van der Waals surface area contributed by atoms with Crippen LogP contribution in [0.25, 0.3) is 10.6 Å². The smallest absolute Gasteiger partial charge is 0.251 e. The molecule has 3 aromatic heterocycles. The minimum atomic E-state index is -0.156. The highest BCUT2D eigenvalue weighted by molar-refractivity contribution is 7.13. The van der Waals surface area contributed by atoms with E-state index in [1.54, 1.807) is 22.3 Å². The third-order valence-electron chi connectivity index (χ3n) is 5.05. The lowest BCUT2D eigenvalue weighted by molar-refractivity contribution is -0.133. The fraction of sp³-hybridized carbons (Fsp3) is 0.421. The molecule has 0 radical (unpaired) electrons. The number of aromatic amines is 1. The summed E-state index contributed by atoms with van der Waals surface area (Å²) in [6.07, 6.45) is 5.26. The molecule has 2 unspecified atom stereocenters. The highest BCUT2D eigenvalue weighted by Crippen LogP contribution is 2.27. The maximum Gasteiger partial charge on any atom is 0.251 e. The molecule has 0 saturated carbocycles. The van der Waals surface area contributed by atoms with Crippen molar-refractivity contribution < 1.29 is 4.79 Å². The van der Waals surface area contributed by atoms with Crippen LogP contribution in [-0.2, 0) is 4.79 Å². The number of thiophene rings is 1. The predicted molar refractivity (Wildman–Crippen MR) is 106 cm³/mol. The van der Waals surface area contributed by atoms with E-state index in [0.29, 0.717) is 24.5 Å². The van der Waals surface area contributed by atoms with E-state index < -0.39 is 0 Å². The topological polar surface area (TPSA) is 96.8 Å². The van der Waals surface area contributed by atoms with E-state index in [1.807, 2.05) is 29.3 Å². The van der Waals surface area contributed by atoms with E-state index in [4.69, 9.17) is 0 Å². The molecule has 0 spiro atoms. The monoisotopic (exact) mass is 398 g/mol. The molecule has 0 aromatic carbocycles. The molecule has 1 aliphatic rings. The first-order chi connectivity index (χ1) is 13.6. The van der Waals surface area contributed by atoms with Gasteiger partial charge < -0.3 is 9.88 Å². The Labute approximate surface area is 166 Å². The van der Waals surface area contributed by atoms with E-state index in [2.05, 4.69) is 20.1 Å². The first-order valence-electron chi connectivity index (χ1n) is 9.37. The summed E-state index contributed by atoms with van der Waals surface area (Å²) in [6.45, 7) is 3.26. The zero-order chi connectivity index (χ0) is 19.5. The number of rotatable bonds is 5. The zero-order valence-corrected chi connectivity index (χ0v) is 16.4. The number of amides is 1. The van der Waals surface area contributed by atoms with Gasteiger partial charge in [0.25, 0.3) is 5.56 Å². The lowest BCUT2D eigenvalue weighted by Crippen LogP contribution is -2.40. The van der Waals surface area contributed by atoms with E-state index in [0.717, 1.165) is 24.3 Å². The lowest BCUT2D eigenvalue weighted by atomic mass is 9.96. The third kappa shape index (κ3) is 4.04. The fourth-order valence-corrected chi connectivity index (χ4v) is 4.25. The second-order valence-corrected chi connectivity index (χ2v) is 8.05. The minimum Gasteiger partial charge on any atom is -0.342 e. The maximum absolute atomic E-state index is 12.8. The number of likely N-dealkylation sites (tertiary alicyclic amines) is 1. The fourth-order valence-electron chi connectivity index (χ4n) is 3.57. The van der Waals surface area contributed by atoms with Gasteiger partial charge in [0.15, 0.2) is 0 Å². The largest absolute Gasteiger partial charge is 0.342 e. The lowest BCUT2D eigenvalue weighted by Gasteiger charge is -2.33. The van der Waals surface area contributed by atoms with Gasteiger partial charge in [0.1, 0.15) is 18.5 Å². The van der Waals surface area contributed by atoms with Gasteiger partial charge in [-0.05, 0) is 31.2 Å². The summed E-state index contributed by atoms with van der Waals surface area (Å²) < 4.78 is 1.70. The van der Waals surface area contributed by atoms with E-state index >= 15 is 0 Å². The molecule has 2 atom stereocenters. The van der Waals surface area contributed by atoms with Crippen LogP contribution in [0.1, 0.15) is 44.0 Å². The number of nitrogens with zero attached hydrogens (tertiary/aromatic N) is 5. The number of piperidine rings is 1. The van der Waals surface area contributed by atoms with Gasteiger partial charge in [-0.25, -0.2) is 14.6 Å². The van der Waals surface area contributed by atoms with Gasteiger partial charge in [0.05, 0.1) is 16.6 Å². The quantitative estimate of drug-likeness (QED) is 0.712. The number of H-pyrrole nitrogens is 1. The van der Waals surface area contributed by atoms with E-state index in [9.17, 15) is 9.59 Å². The van der Waals surface area contributed by atoms with Gasteiger partial charge in [-0.1, -0.05) is 6.07 Å². The van der Waals surface area contributed by atoms with Gasteiger partial charge in [-0.2, -0.15) is 5.10 Å². The molecule has 4 heterocycles. The Balaban J connectivity index is 1.48. The van der Waals surface area contributed by atoms with Gasteiger partial charge in [-0.3, -0.25) is 9.59 Å². The summed E-state index contributed by atoms with van der Waals surface area (Å²) >= 11 is 1.56. The van der Waals surface area contributed by atoms with Crippen LogP contribution in [0.5, 0.6) is 0 Å². The molecule has 28 heavy (non-hydrogen) atoms. The highest BCUT2D eigenvalue weighted by atomic mass is 32.1. The summed E-state index contributed by atoms with van der Waals surface area (Å²) in [6, 6.07) is 5.38. The second kappa shape index (κ2) is 8.05. The van der Waals surface area contributed by atoms with Crippen LogP contribution in [0.4, 0.5) is 0 Å². The zero-order valence-electron chi connectivity index (χ0n) is 15.6. The number of hydrogen-bond acceptors (Lipinski definition) is 6. The first-order valence-corrected chi connectivity index (χ1v) is 10.2. The van der Waals surface area contributed by atoms with Gasteiger partial charge in [-0.15, -0.1) is 11.3 Å². The SMILES string of the molecule is CC(CC(=O)N1CCCC(c2nc(-c3cccs3)cc(=O)[nH]2)C1)n1cncn1. The molecule has 4 rings (SSSR count). The molecule has 8 nitrogen and oxygen atoms in total. The summed E-state index contributed by atoms with van der Waals surface area (Å²) in [5.74, 6) is 0.786. The predicted octanol–water partition coefficient (Wildman–Crippen LogP) is 2.45. The van der Waals surface area contributed by atoms with Crippen LogP contribution >= 0.6 is 11.3 Å². The number of nitrogens with one attached hydrogen (secondary N) is 1. The average Bonchev–Trinajstić information content (AvgIpc) is 3.41. The van der Waals surface area contributed by atoms with Crippen molar-refractivity contribution >= 4 is 17.2 Å². The van der Waals surface area contributed by atoms with E-state index in [1.165, 1.54) is 12.4 Å². The van der Waals surface area contributed by atoms with Crippen LogP contribution in [0.2, 0.25) is 0 Å². The molecule has 1 N–H and O–H groups in total. The normalized spacial score (nSPS) is 18.2. The molecule has 9 heteroatoms. The van der Waals surface area contributed by atoms with Crippen molar-refractivity contribution in [3.05, 3.63) is 52.4 Å². The molecule has 1 fully saturated rings. The Morgan fingerprint density at radius 2 is 2.36 bits per heavy atom. The van der Waals surface area contributed by atoms with Crippen LogP contribution < -0.4 is 5.56 Å². The van der Waals surface area contributed by atoms with Gasteiger partial charge in [0, 0.05) is 31.5 Å². The molecule has 1 saturated heterocycles. The molecular formula is C19H22N6O2S. The van der Waals surface area contributed by atoms with Crippen molar-refractivity contribution in [2.75, 3.05) is 13.1 Å². The van der Waals surface area contributed by atoms with Crippen LogP contribution in [0.3, 0.4) is 0 Å². The molecule has 1 amide bonds. The van der Waals surface area contributed by atoms with Crippen molar-refractivity contribution in [1.82, 2.24) is 29.6 Å². The van der Waals surface area contributed by atoms with Crippen molar-refractivity contribution in [3.63, 3.8) is 0 Å². The first kappa shape index (κ1) is 18.5.